The number of rotatable bonds is 4. The minimum Gasteiger partial charge on any atom is -0.444 e. The van der Waals surface area contributed by atoms with E-state index in [2.05, 4.69) is 4.98 Å². The maximum Gasteiger partial charge on any atom is 0.417 e. The van der Waals surface area contributed by atoms with Gasteiger partial charge in [0.1, 0.15) is 23.1 Å². The molecule has 14 heteroatoms. The van der Waals surface area contributed by atoms with E-state index >= 15 is 4.39 Å². The van der Waals surface area contributed by atoms with Gasteiger partial charge in [-0.05, 0) is 52.8 Å². The quantitative estimate of drug-likeness (QED) is 0.302. The number of carbonyl (C=O) groups excluding carboxylic acids is 1. The topological polar surface area (TPSA) is 76.9 Å². The number of anilines is 1. The number of amides is 1. The van der Waals surface area contributed by atoms with E-state index in [1.165, 1.54) is 11.7 Å². The van der Waals surface area contributed by atoms with Crippen molar-refractivity contribution in [3.05, 3.63) is 51.9 Å². The highest BCUT2D eigenvalue weighted by atomic mass is 32.2. The van der Waals surface area contributed by atoms with Gasteiger partial charge in [0.15, 0.2) is 0 Å². The molecule has 0 N–H and O–H groups in total. The Morgan fingerprint density at radius 3 is 2.32 bits per heavy atom. The van der Waals surface area contributed by atoms with Gasteiger partial charge < -0.3 is 14.4 Å². The van der Waals surface area contributed by atoms with Crippen LogP contribution in [0.1, 0.15) is 46.2 Å². The Hall–Kier alpha value is -3.39. The molecule has 0 unspecified atom stereocenters. The first-order valence-corrected chi connectivity index (χ1v) is 15.0. The number of aromatic nitrogens is 2. The summed E-state index contributed by atoms with van der Waals surface area (Å²) >= 11 is 1.05. The third-order valence-electron chi connectivity index (χ3n) is 7.62. The molecular formula is C30H33F5N4O4S. The molecule has 1 saturated heterocycles. The van der Waals surface area contributed by atoms with Crippen LogP contribution in [0.25, 0.3) is 22.0 Å². The number of methoxy groups -OCH3 is 1. The van der Waals surface area contributed by atoms with Crippen LogP contribution >= 0.6 is 11.8 Å². The van der Waals surface area contributed by atoms with E-state index in [0.29, 0.717) is 6.07 Å². The van der Waals surface area contributed by atoms with Crippen molar-refractivity contribution in [3.63, 3.8) is 0 Å². The van der Waals surface area contributed by atoms with E-state index < -0.39 is 70.0 Å². The standard InChI is InChI=1S/C30H33F5N4O4S/c1-15-11-37(12-16(2)38(15)28(41)43-29(3,4)5)26-20-10-21(30(33,34)35)23(19-8-7-17(31)9-22(19)32)25-24(20)39(27(40)36-26)18(13-42-6)14-44-25/h7-10,15-16,18H,11-14H2,1-6H3/t15-,16+,18-/m0/s1. The zero-order valence-corrected chi connectivity index (χ0v) is 25.9. The normalized spacial score (nSPS) is 20.8. The Labute approximate surface area is 255 Å². The monoisotopic (exact) mass is 640 g/mol. The summed E-state index contributed by atoms with van der Waals surface area (Å²) < 4.78 is 85.4. The van der Waals surface area contributed by atoms with Gasteiger partial charge in [-0.25, -0.2) is 18.4 Å². The van der Waals surface area contributed by atoms with E-state index in [4.69, 9.17) is 9.47 Å². The average molecular weight is 641 g/mol. The largest absolute Gasteiger partial charge is 0.444 e. The molecule has 1 amide bonds. The van der Waals surface area contributed by atoms with Crippen LogP contribution in [0.3, 0.4) is 0 Å². The molecule has 0 radical (unpaired) electrons. The van der Waals surface area contributed by atoms with E-state index in [9.17, 15) is 27.2 Å². The van der Waals surface area contributed by atoms with Crippen LogP contribution in [0.4, 0.5) is 32.6 Å². The zero-order valence-electron chi connectivity index (χ0n) is 25.1. The predicted molar refractivity (Wildman–Crippen MR) is 157 cm³/mol. The number of hydrogen-bond acceptors (Lipinski definition) is 7. The number of nitrogens with zero attached hydrogens (tertiary/aromatic N) is 4. The summed E-state index contributed by atoms with van der Waals surface area (Å²) in [5.74, 6) is -1.90. The molecule has 238 valence electrons. The highest BCUT2D eigenvalue weighted by molar-refractivity contribution is 7.99. The average Bonchev–Trinajstić information content (AvgIpc) is 2.89. The lowest BCUT2D eigenvalue weighted by atomic mass is 9.95. The van der Waals surface area contributed by atoms with Gasteiger partial charge in [0.05, 0.1) is 35.8 Å². The molecule has 3 heterocycles. The number of halogens is 5. The first-order valence-electron chi connectivity index (χ1n) is 14.1. The van der Waals surface area contributed by atoms with E-state index in [1.807, 2.05) is 0 Å². The molecule has 8 nitrogen and oxygen atoms in total. The second kappa shape index (κ2) is 11.5. The fourth-order valence-electron chi connectivity index (χ4n) is 6.00. The Kier molecular flexibility index (Phi) is 8.38. The minimum atomic E-state index is -4.93. The first kappa shape index (κ1) is 32.0. The van der Waals surface area contributed by atoms with Gasteiger partial charge in [0.2, 0.25) is 0 Å². The van der Waals surface area contributed by atoms with E-state index in [1.54, 1.807) is 44.4 Å². The maximum atomic E-state index is 15.1. The van der Waals surface area contributed by atoms with Gasteiger partial charge in [-0.15, -0.1) is 11.8 Å². The summed E-state index contributed by atoms with van der Waals surface area (Å²) in [5, 5.41) is 0.0524. The summed E-state index contributed by atoms with van der Waals surface area (Å²) in [5.41, 5.74) is -3.29. The SMILES string of the molecule is COC[C@H]1CSc2c(-c3ccc(F)cc3F)c(C(F)(F)F)cc3c(N4C[C@@H](C)N(C(=O)OC(C)(C)C)[C@@H](C)C4)nc(=O)n1c23. The van der Waals surface area contributed by atoms with Crippen molar-refractivity contribution in [1.29, 1.82) is 0 Å². The van der Waals surface area contributed by atoms with Crippen molar-refractivity contribution in [3.8, 4) is 11.1 Å². The molecule has 2 aromatic carbocycles. The second-order valence-corrected chi connectivity index (χ2v) is 13.2. The number of alkyl halides is 3. The van der Waals surface area contributed by atoms with Crippen LogP contribution in [-0.2, 0) is 15.7 Å². The number of hydrogen-bond donors (Lipinski definition) is 0. The van der Waals surface area contributed by atoms with Gasteiger partial charge in [-0.3, -0.25) is 9.47 Å². The van der Waals surface area contributed by atoms with Crippen LogP contribution in [-0.4, -0.2) is 70.8 Å². The smallest absolute Gasteiger partial charge is 0.417 e. The Bertz CT molecular complexity index is 1660. The lowest BCUT2D eigenvalue weighted by molar-refractivity contribution is -0.137. The highest BCUT2D eigenvalue weighted by Crippen LogP contribution is 2.50. The molecule has 0 spiro atoms. The third kappa shape index (κ3) is 5.85. The van der Waals surface area contributed by atoms with Crippen molar-refractivity contribution < 1.29 is 36.2 Å². The Morgan fingerprint density at radius 2 is 1.75 bits per heavy atom. The van der Waals surface area contributed by atoms with E-state index in [0.717, 1.165) is 30.0 Å². The van der Waals surface area contributed by atoms with Gasteiger partial charge in [-0.2, -0.15) is 18.2 Å². The van der Waals surface area contributed by atoms with Gasteiger partial charge in [0, 0.05) is 53.4 Å². The molecule has 0 aliphatic carbocycles. The fraction of sp³-hybridized carbons (Fsp3) is 0.500. The fourth-order valence-corrected chi connectivity index (χ4v) is 7.31. The lowest BCUT2D eigenvalue weighted by Gasteiger charge is -2.45. The van der Waals surface area contributed by atoms with E-state index in [-0.39, 0.29) is 47.1 Å². The van der Waals surface area contributed by atoms with Crippen LogP contribution < -0.4 is 10.6 Å². The number of benzene rings is 2. The second-order valence-electron chi connectivity index (χ2n) is 12.1. The van der Waals surface area contributed by atoms with Gasteiger partial charge in [-0.1, -0.05) is 0 Å². The summed E-state index contributed by atoms with van der Waals surface area (Å²) in [6.45, 7) is 9.24. The van der Waals surface area contributed by atoms with Crippen molar-refractivity contribution in [2.24, 2.45) is 0 Å². The Morgan fingerprint density at radius 1 is 1.09 bits per heavy atom. The van der Waals surface area contributed by atoms with Crippen LogP contribution in [0.2, 0.25) is 0 Å². The number of carbonyl (C=O) groups is 1. The minimum absolute atomic E-state index is 0.0281. The number of ether oxygens (including phenoxy) is 2. The Balaban J connectivity index is 1.75. The van der Waals surface area contributed by atoms with Crippen LogP contribution in [0.15, 0.2) is 34.0 Å². The lowest BCUT2D eigenvalue weighted by Crippen LogP contribution is -2.60. The summed E-state index contributed by atoms with van der Waals surface area (Å²) in [6.07, 6.45) is -5.45. The molecule has 1 fully saturated rings. The molecule has 0 saturated carbocycles. The maximum absolute atomic E-state index is 15.1. The molecule has 2 aliphatic heterocycles. The third-order valence-corrected chi connectivity index (χ3v) is 8.86. The van der Waals surface area contributed by atoms with Gasteiger partial charge in [0.25, 0.3) is 0 Å². The molecule has 3 aromatic rings. The van der Waals surface area contributed by atoms with Crippen molar-refractivity contribution in [2.45, 2.75) is 69.4 Å². The highest BCUT2D eigenvalue weighted by Gasteiger charge is 2.41. The molecule has 3 atom stereocenters. The number of thioether (sulfide) groups is 1. The zero-order chi connectivity index (χ0) is 32.3. The number of piperazine rings is 1. The predicted octanol–water partition coefficient (Wildman–Crippen LogP) is 6.49. The summed E-state index contributed by atoms with van der Waals surface area (Å²) in [6, 6.07) is 1.86. The summed E-state index contributed by atoms with van der Waals surface area (Å²) in [7, 11) is 1.45. The molecule has 5 rings (SSSR count). The van der Waals surface area contributed by atoms with Crippen molar-refractivity contribution in [2.75, 3.05) is 37.5 Å². The molecule has 44 heavy (non-hydrogen) atoms. The molecule has 1 aromatic heterocycles. The first-order chi connectivity index (χ1) is 20.5. The van der Waals surface area contributed by atoms with Crippen molar-refractivity contribution in [1.82, 2.24) is 14.5 Å². The summed E-state index contributed by atoms with van der Waals surface area (Å²) in [4.78, 5) is 34.2. The van der Waals surface area contributed by atoms with Crippen LogP contribution in [0, 0.1) is 11.6 Å². The molecule has 2 aliphatic rings. The van der Waals surface area contributed by atoms with Gasteiger partial charge >= 0.3 is 18.0 Å². The molecular weight excluding hydrogens is 607 g/mol. The van der Waals surface area contributed by atoms with Crippen molar-refractivity contribution >= 4 is 34.6 Å². The molecule has 0 bridgehead atoms. The van der Waals surface area contributed by atoms with Crippen LogP contribution in [0.5, 0.6) is 0 Å².